The van der Waals surface area contributed by atoms with E-state index < -0.39 is 12.7 Å². The van der Waals surface area contributed by atoms with Crippen LogP contribution in [0.1, 0.15) is 25.3 Å². The number of halogens is 3. The van der Waals surface area contributed by atoms with E-state index in [1.807, 2.05) is 19.9 Å². The summed E-state index contributed by atoms with van der Waals surface area (Å²) in [4.78, 5) is 5.40. The summed E-state index contributed by atoms with van der Waals surface area (Å²) >= 11 is 0. The zero-order valence-corrected chi connectivity index (χ0v) is 12.2. The smallest absolute Gasteiger partial charge is 0.381 e. The SMILES string of the molecule is CCC(CCN(C)CC(F)(F)F)Nc1cncc(C)c1. The highest BCUT2D eigenvalue weighted by Gasteiger charge is 2.29. The van der Waals surface area contributed by atoms with E-state index in [-0.39, 0.29) is 6.04 Å². The zero-order chi connectivity index (χ0) is 15.2. The summed E-state index contributed by atoms with van der Waals surface area (Å²) in [5.74, 6) is 0. The van der Waals surface area contributed by atoms with Gasteiger partial charge in [0, 0.05) is 25.0 Å². The van der Waals surface area contributed by atoms with E-state index in [0.717, 1.165) is 17.7 Å². The highest BCUT2D eigenvalue weighted by Crippen LogP contribution is 2.17. The largest absolute Gasteiger partial charge is 0.401 e. The number of nitrogens with zero attached hydrogens (tertiary/aromatic N) is 2. The molecule has 1 aromatic heterocycles. The summed E-state index contributed by atoms with van der Waals surface area (Å²) in [6.07, 6.45) is 0.882. The first-order chi connectivity index (χ1) is 9.30. The van der Waals surface area contributed by atoms with E-state index in [2.05, 4.69) is 10.3 Å². The van der Waals surface area contributed by atoms with Crippen molar-refractivity contribution in [2.45, 2.75) is 38.9 Å². The maximum atomic E-state index is 12.2. The fraction of sp³-hybridized carbons (Fsp3) is 0.643. The summed E-state index contributed by atoms with van der Waals surface area (Å²) in [5, 5.41) is 3.32. The van der Waals surface area contributed by atoms with Crippen molar-refractivity contribution in [3.63, 3.8) is 0 Å². The molecule has 1 atom stereocenters. The maximum Gasteiger partial charge on any atom is 0.401 e. The van der Waals surface area contributed by atoms with Crippen LogP contribution in [0.25, 0.3) is 0 Å². The summed E-state index contributed by atoms with van der Waals surface area (Å²) in [6, 6.07) is 2.13. The Kier molecular flexibility index (Phi) is 6.26. The lowest BCUT2D eigenvalue weighted by molar-refractivity contribution is -0.143. The summed E-state index contributed by atoms with van der Waals surface area (Å²) in [6.45, 7) is 3.51. The molecular formula is C14H22F3N3. The Labute approximate surface area is 118 Å². The van der Waals surface area contributed by atoms with Gasteiger partial charge in [-0.3, -0.25) is 9.88 Å². The van der Waals surface area contributed by atoms with Crippen molar-refractivity contribution in [2.24, 2.45) is 0 Å². The Morgan fingerprint density at radius 1 is 1.35 bits per heavy atom. The number of pyridine rings is 1. The predicted molar refractivity (Wildman–Crippen MR) is 74.8 cm³/mol. The van der Waals surface area contributed by atoms with Crippen LogP contribution in [0.3, 0.4) is 0 Å². The van der Waals surface area contributed by atoms with Crippen molar-refractivity contribution < 1.29 is 13.2 Å². The molecule has 20 heavy (non-hydrogen) atoms. The van der Waals surface area contributed by atoms with Crippen molar-refractivity contribution >= 4 is 5.69 Å². The van der Waals surface area contributed by atoms with E-state index in [4.69, 9.17) is 0 Å². The predicted octanol–water partition coefficient (Wildman–Crippen LogP) is 3.46. The Morgan fingerprint density at radius 3 is 2.60 bits per heavy atom. The van der Waals surface area contributed by atoms with Crippen molar-refractivity contribution in [1.82, 2.24) is 9.88 Å². The minimum absolute atomic E-state index is 0.147. The van der Waals surface area contributed by atoms with Gasteiger partial charge in [-0.15, -0.1) is 0 Å². The van der Waals surface area contributed by atoms with Gasteiger partial charge in [-0.25, -0.2) is 0 Å². The van der Waals surface area contributed by atoms with E-state index in [1.165, 1.54) is 11.9 Å². The zero-order valence-electron chi connectivity index (χ0n) is 12.2. The fourth-order valence-electron chi connectivity index (χ4n) is 2.01. The molecule has 0 aromatic carbocycles. The van der Waals surface area contributed by atoms with Gasteiger partial charge < -0.3 is 5.32 Å². The third-order valence-corrected chi connectivity index (χ3v) is 3.05. The number of anilines is 1. The average molecular weight is 289 g/mol. The number of hydrogen-bond donors (Lipinski definition) is 1. The van der Waals surface area contributed by atoms with Gasteiger partial charge in [0.15, 0.2) is 0 Å². The van der Waals surface area contributed by atoms with Crippen LogP contribution in [-0.4, -0.2) is 42.2 Å². The number of alkyl halides is 3. The molecule has 0 bridgehead atoms. The van der Waals surface area contributed by atoms with Crippen LogP contribution in [0.4, 0.5) is 18.9 Å². The second-order valence-corrected chi connectivity index (χ2v) is 5.14. The molecule has 0 aliphatic rings. The Morgan fingerprint density at radius 2 is 2.05 bits per heavy atom. The Balaban J connectivity index is 2.43. The highest BCUT2D eigenvalue weighted by molar-refractivity contribution is 5.43. The monoisotopic (exact) mass is 289 g/mol. The molecule has 0 aliphatic heterocycles. The molecule has 0 saturated heterocycles. The first-order valence-corrected chi connectivity index (χ1v) is 6.73. The molecule has 1 unspecified atom stereocenters. The standard InChI is InChI=1S/C14H22F3N3/c1-4-12(5-6-20(3)10-14(15,16)17)19-13-7-11(2)8-18-9-13/h7-9,12,19H,4-6,10H2,1-3H3. The van der Waals surface area contributed by atoms with Crippen LogP contribution in [0.2, 0.25) is 0 Å². The molecule has 1 heterocycles. The second-order valence-electron chi connectivity index (χ2n) is 5.14. The van der Waals surface area contributed by atoms with Crippen molar-refractivity contribution in [1.29, 1.82) is 0 Å². The first-order valence-electron chi connectivity index (χ1n) is 6.73. The van der Waals surface area contributed by atoms with Crippen LogP contribution in [0, 0.1) is 6.92 Å². The van der Waals surface area contributed by atoms with Crippen molar-refractivity contribution in [3.05, 3.63) is 24.0 Å². The minimum atomic E-state index is -4.13. The van der Waals surface area contributed by atoms with Crippen LogP contribution >= 0.6 is 0 Å². The fourth-order valence-corrected chi connectivity index (χ4v) is 2.01. The molecule has 6 heteroatoms. The van der Waals surface area contributed by atoms with Crippen LogP contribution in [0.5, 0.6) is 0 Å². The Hall–Kier alpha value is -1.30. The van der Waals surface area contributed by atoms with Gasteiger partial charge in [-0.1, -0.05) is 6.92 Å². The third-order valence-electron chi connectivity index (χ3n) is 3.05. The van der Waals surface area contributed by atoms with Gasteiger partial charge in [0.05, 0.1) is 12.2 Å². The molecule has 0 amide bonds. The Bertz CT molecular complexity index is 407. The molecule has 0 radical (unpaired) electrons. The lowest BCUT2D eigenvalue weighted by Gasteiger charge is -2.23. The lowest BCUT2D eigenvalue weighted by Crippen LogP contribution is -2.34. The van der Waals surface area contributed by atoms with E-state index in [9.17, 15) is 13.2 Å². The van der Waals surface area contributed by atoms with E-state index >= 15 is 0 Å². The van der Waals surface area contributed by atoms with E-state index in [1.54, 1.807) is 12.4 Å². The molecule has 1 N–H and O–H groups in total. The molecule has 0 aliphatic carbocycles. The maximum absolute atomic E-state index is 12.2. The van der Waals surface area contributed by atoms with Gasteiger partial charge in [0.25, 0.3) is 0 Å². The molecule has 1 aromatic rings. The second kappa shape index (κ2) is 7.47. The molecule has 1 rings (SSSR count). The topological polar surface area (TPSA) is 28.2 Å². The first kappa shape index (κ1) is 16.8. The van der Waals surface area contributed by atoms with Crippen LogP contribution < -0.4 is 5.32 Å². The number of nitrogens with one attached hydrogen (secondary N) is 1. The van der Waals surface area contributed by atoms with Gasteiger partial charge in [-0.05, 0) is 38.4 Å². The molecule has 114 valence electrons. The van der Waals surface area contributed by atoms with Gasteiger partial charge in [0.2, 0.25) is 0 Å². The third kappa shape index (κ3) is 6.75. The number of hydrogen-bond acceptors (Lipinski definition) is 3. The van der Waals surface area contributed by atoms with Crippen molar-refractivity contribution in [3.8, 4) is 0 Å². The molecular weight excluding hydrogens is 267 g/mol. The van der Waals surface area contributed by atoms with Gasteiger partial charge in [-0.2, -0.15) is 13.2 Å². The minimum Gasteiger partial charge on any atom is -0.381 e. The highest BCUT2D eigenvalue weighted by atomic mass is 19.4. The number of aryl methyl sites for hydroxylation is 1. The van der Waals surface area contributed by atoms with Crippen LogP contribution in [0.15, 0.2) is 18.5 Å². The summed E-state index contributed by atoms with van der Waals surface area (Å²) < 4.78 is 36.7. The molecule has 0 spiro atoms. The molecule has 3 nitrogen and oxygen atoms in total. The number of aromatic nitrogens is 1. The van der Waals surface area contributed by atoms with Gasteiger partial charge >= 0.3 is 6.18 Å². The normalized spacial score (nSPS) is 13.6. The average Bonchev–Trinajstić information content (AvgIpc) is 2.32. The molecule has 0 saturated carbocycles. The van der Waals surface area contributed by atoms with Crippen LogP contribution in [-0.2, 0) is 0 Å². The quantitative estimate of drug-likeness (QED) is 0.833. The van der Waals surface area contributed by atoms with E-state index in [0.29, 0.717) is 13.0 Å². The summed E-state index contributed by atoms with van der Waals surface area (Å²) in [5.41, 5.74) is 1.97. The summed E-state index contributed by atoms with van der Waals surface area (Å²) in [7, 11) is 1.49. The number of rotatable bonds is 7. The van der Waals surface area contributed by atoms with Crippen molar-refractivity contribution in [2.75, 3.05) is 25.5 Å². The molecule has 0 fully saturated rings. The van der Waals surface area contributed by atoms with Gasteiger partial charge in [0.1, 0.15) is 0 Å². The lowest BCUT2D eigenvalue weighted by atomic mass is 10.1.